The van der Waals surface area contributed by atoms with Crippen molar-refractivity contribution in [2.24, 2.45) is 0 Å². The average molecular weight is 413 g/mol. The molecule has 30 heavy (non-hydrogen) atoms. The van der Waals surface area contributed by atoms with Crippen LogP contribution in [0.5, 0.6) is 11.5 Å². The van der Waals surface area contributed by atoms with Crippen LogP contribution in [-0.2, 0) is 16.1 Å². The fourth-order valence-electron chi connectivity index (χ4n) is 3.03. The van der Waals surface area contributed by atoms with Gasteiger partial charge >= 0.3 is 0 Å². The van der Waals surface area contributed by atoms with Gasteiger partial charge in [-0.05, 0) is 50.1 Å². The summed E-state index contributed by atoms with van der Waals surface area (Å²) >= 11 is 0. The summed E-state index contributed by atoms with van der Waals surface area (Å²) in [5, 5.41) is 2.91. The fourth-order valence-corrected chi connectivity index (χ4v) is 3.03. The van der Waals surface area contributed by atoms with Gasteiger partial charge in [-0.3, -0.25) is 9.59 Å². The van der Waals surface area contributed by atoms with E-state index in [0.29, 0.717) is 24.6 Å². The van der Waals surface area contributed by atoms with Gasteiger partial charge in [-0.15, -0.1) is 0 Å². The van der Waals surface area contributed by atoms with Crippen LogP contribution in [0.15, 0.2) is 48.5 Å². The molecule has 0 spiro atoms. The first-order valence-electron chi connectivity index (χ1n) is 10.3. The van der Waals surface area contributed by atoms with E-state index in [2.05, 4.69) is 12.2 Å². The Morgan fingerprint density at radius 1 is 1.10 bits per heavy atom. The largest absolute Gasteiger partial charge is 0.497 e. The van der Waals surface area contributed by atoms with E-state index >= 15 is 0 Å². The van der Waals surface area contributed by atoms with E-state index in [-0.39, 0.29) is 18.4 Å². The number of carbonyl (C=O) groups excluding carboxylic acids is 2. The van der Waals surface area contributed by atoms with E-state index in [4.69, 9.17) is 9.47 Å². The number of nitrogens with zero attached hydrogens (tertiary/aromatic N) is 1. The highest BCUT2D eigenvalue weighted by Crippen LogP contribution is 2.18. The molecule has 0 bridgehead atoms. The van der Waals surface area contributed by atoms with Gasteiger partial charge in [-0.25, -0.2) is 0 Å². The average Bonchev–Trinajstić information content (AvgIpc) is 2.75. The number of aryl methyl sites for hydroxylation is 1. The summed E-state index contributed by atoms with van der Waals surface area (Å²) in [5.41, 5.74) is 2.08. The van der Waals surface area contributed by atoms with E-state index in [1.165, 1.54) is 0 Å². The van der Waals surface area contributed by atoms with Crippen LogP contribution < -0.4 is 14.8 Å². The second-order valence-corrected chi connectivity index (χ2v) is 7.30. The van der Waals surface area contributed by atoms with Gasteiger partial charge in [-0.1, -0.05) is 43.2 Å². The van der Waals surface area contributed by atoms with Crippen molar-refractivity contribution in [3.63, 3.8) is 0 Å². The van der Waals surface area contributed by atoms with Crippen molar-refractivity contribution in [3.05, 3.63) is 59.7 Å². The molecule has 0 aliphatic rings. The maximum Gasteiger partial charge on any atom is 0.261 e. The molecular formula is C24H32N2O4. The standard InChI is InChI=1S/C24H32N2O4/c1-5-6-14-25-24(28)19(3)26(16-20-9-7-8-18(2)15-20)23(27)17-30-22-12-10-21(29-4)11-13-22/h7-13,15,19H,5-6,14,16-17H2,1-4H3,(H,25,28)/t19-/m1/s1. The third kappa shape index (κ3) is 7.10. The molecule has 2 amide bonds. The third-order valence-corrected chi connectivity index (χ3v) is 4.85. The van der Waals surface area contributed by atoms with Gasteiger partial charge in [0.15, 0.2) is 6.61 Å². The monoisotopic (exact) mass is 412 g/mol. The number of methoxy groups -OCH3 is 1. The molecule has 162 valence electrons. The smallest absolute Gasteiger partial charge is 0.261 e. The molecule has 0 saturated carbocycles. The molecular weight excluding hydrogens is 380 g/mol. The van der Waals surface area contributed by atoms with E-state index < -0.39 is 6.04 Å². The zero-order valence-electron chi connectivity index (χ0n) is 18.3. The molecule has 0 unspecified atom stereocenters. The van der Waals surface area contributed by atoms with Gasteiger partial charge in [0, 0.05) is 13.1 Å². The van der Waals surface area contributed by atoms with E-state index in [1.54, 1.807) is 43.2 Å². The highest BCUT2D eigenvalue weighted by Gasteiger charge is 2.26. The maximum absolute atomic E-state index is 13.0. The van der Waals surface area contributed by atoms with Gasteiger partial charge in [-0.2, -0.15) is 0 Å². The molecule has 0 aliphatic carbocycles. The zero-order valence-corrected chi connectivity index (χ0v) is 18.3. The Hall–Kier alpha value is -3.02. The summed E-state index contributed by atoms with van der Waals surface area (Å²) in [4.78, 5) is 27.2. The summed E-state index contributed by atoms with van der Waals surface area (Å²) in [6.07, 6.45) is 1.90. The highest BCUT2D eigenvalue weighted by atomic mass is 16.5. The topological polar surface area (TPSA) is 67.9 Å². The summed E-state index contributed by atoms with van der Waals surface area (Å²) in [7, 11) is 1.59. The molecule has 2 aromatic rings. The van der Waals surface area contributed by atoms with Crippen LogP contribution >= 0.6 is 0 Å². The van der Waals surface area contributed by atoms with Gasteiger partial charge in [0.1, 0.15) is 17.5 Å². The van der Waals surface area contributed by atoms with E-state index in [0.717, 1.165) is 24.0 Å². The molecule has 0 aliphatic heterocycles. The lowest BCUT2D eigenvalue weighted by atomic mass is 10.1. The predicted molar refractivity (Wildman–Crippen MR) is 118 cm³/mol. The minimum atomic E-state index is -0.602. The fraction of sp³-hybridized carbons (Fsp3) is 0.417. The summed E-state index contributed by atoms with van der Waals surface area (Å²) in [5.74, 6) is 0.881. The molecule has 2 aromatic carbocycles. The number of benzene rings is 2. The predicted octanol–water partition coefficient (Wildman–Crippen LogP) is 3.72. The lowest BCUT2D eigenvalue weighted by molar-refractivity contribution is -0.142. The molecule has 6 heteroatoms. The van der Waals surface area contributed by atoms with Crippen LogP contribution in [0.2, 0.25) is 0 Å². The molecule has 0 fully saturated rings. The number of unbranched alkanes of at least 4 members (excludes halogenated alkanes) is 1. The number of nitrogens with one attached hydrogen (secondary N) is 1. The quantitative estimate of drug-likeness (QED) is 0.571. The molecule has 2 rings (SSSR count). The molecule has 0 heterocycles. The number of carbonyl (C=O) groups is 2. The van der Waals surface area contributed by atoms with Crippen molar-refractivity contribution in [1.29, 1.82) is 0 Å². The first kappa shape index (κ1) is 23.3. The van der Waals surface area contributed by atoms with E-state index in [1.807, 2.05) is 31.2 Å². The second kappa shape index (κ2) is 11.9. The Balaban J connectivity index is 2.09. The lowest BCUT2D eigenvalue weighted by Crippen LogP contribution is -2.49. The summed E-state index contributed by atoms with van der Waals surface area (Å²) in [6, 6.07) is 14.4. The van der Waals surface area contributed by atoms with Crippen LogP contribution in [0.25, 0.3) is 0 Å². The molecule has 1 atom stereocenters. The second-order valence-electron chi connectivity index (χ2n) is 7.30. The van der Waals surface area contributed by atoms with Crippen molar-refractivity contribution < 1.29 is 19.1 Å². The number of hydrogen-bond donors (Lipinski definition) is 1. The minimum Gasteiger partial charge on any atom is -0.497 e. The molecule has 0 radical (unpaired) electrons. The Bertz CT molecular complexity index is 820. The minimum absolute atomic E-state index is 0.148. The molecule has 0 saturated heterocycles. The van der Waals surface area contributed by atoms with Gasteiger partial charge in [0.05, 0.1) is 7.11 Å². The Labute approximate surface area is 179 Å². The van der Waals surface area contributed by atoms with Crippen LogP contribution in [0.4, 0.5) is 0 Å². The zero-order chi connectivity index (χ0) is 21.9. The normalized spacial score (nSPS) is 11.5. The highest BCUT2D eigenvalue weighted by molar-refractivity contribution is 5.87. The van der Waals surface area contributed by atoms with Crippen molar-refractivity contribution in [2.45, 2.75) is 46.2 Å². The van der Waals surface area contributed by atoms with Crippen molar-refractivity contribution in [2.75, 3.05) is 20.3 Å². The maximum atomic E-state index is 13.0. The van der Waals surface area contributed by atoms with Crippen LogP contribution in [0.3, 0.4) is 0 Å². The van der Waals surface area contributed by atoms with Gasteiger partial charge in [0.2, 0.25) is 5.91 Å². The van der Waals surface area contributed by atoms with Crippen molar-refractivity contribution in [3.8, 4) is 11.5 Å². The van der Waals surface area contributed by atoms with Crippen molar-refractivity contribution in [1.82, 2.24) is 10.2 Å². The summed E-state index contributed by atoms with van der Waals surface area (Å²) in [6.45, 7) is 6.62. The lowest BCUT2D eigenvalue weighted by Gasteiger charge is -2.29. The molecule has 6 nitrogen and oxygen atoms in total. The Morgan fingerprint density at radius 3 is 2.43 bits per heavy atom. The Morgan fingerprint density at radius 2 is 1.80 bits per heavy atom. The van der Waals surface area contributed by atoms with Crippen LogP contribution in [0.1, 0.15) is 37.8 Å². The number of ether oxygens (including phenoxy) is 2. The van der Waals surface area contributed by atoms with Gasteiger partial charge in [0.25, 0.3) is 5.91 Å². The first-order valence-corrected chi connectivity index (χ1v) is 10.3. The summed E-state index contributed by atoms with van der Waals surface area (Å²) < 4.78 is 10.8. The SMILES string of the molecule is CCCCNC(=O)[C@@H](C)N(Cc1cccc(C)c1)C(=O)COc1ccc(OC)cc1. The number of amides is 2. The third-order valence-electron chi connectivity index (χ3n) is 4.85. The van der Waals surface area contributed by atoms with Crippen LogP contribution in [-0.4, -0.2) is 43.0 Å². The first-order chi connectivity index (χ1) is 14.4. The van der Waals surface area contributed by atoms with E-state index in [9.17, 15) is 9.59 Å². The number of rotatable bonds is 11. The van der Waals surface area contributed by atoms with Crippen molar-refractivity contribution >= 4 is 11.8 Å². The Kier molecular flexibility index (Phi) is 9.19. The van der Waals surface area contributed by atoms with Crippen LogP contribution in [0, 0.1) is 6.92 Å². The molecule has 1 N–H and O–H groups in total. The number of hydrogen-bond acceptors (Lipinski definition) is 4. The van der Waals surface area contributed by atoms with Gasteiger partial charge < -0.3 is 19.7 Å². The molecule has 0 aromatic heterocycles.